The van der Waals surface area contributed by atoms with E-state index in [0.29, 0.717) is 0 Å². The monoisotopic (exact) mass is 284 g/mol. The highest BCUT2D eigenvalue weighted by molar-refractivity contribution is 7.71. The minimum atomic E-state index is 0.755. The van der Waals surface area contributed by atoms with Gasteiger partial charge < -0.3 is 14.3 Å². The molecule has 0 radical (unpaired) electrons. The maximum atomic E-state index is 5.44. The summed E-state index contributed by atoms with van der Waals surface area (Å²) in [6, 6.07) is 14.3. The van der Waals surface area contributed by atoms with E-state index >= 15 is 0 Å². The molecule has 0 fully saturated rings. The first-order valence-corrected chi connectivity index (χ1v) is 6.91. The molecule has 0 saturated heterocycles. The summed E-state index contributed by atoms with van der Waals surface area (Å²) in [6.07, 6.45) is 0. The molecule has 1 aromatic heterocycles. The molecule has 1 N–H and O–H groups in total. The van der Waals surface area contributed by atoms with Gasteiger partial charge in [0.2, 0.25) is 0 Å². The van der Waals surface area contributed by atoms with E-state index in [2.05, 4.69) is 40.7 Å². The van der Waals surface area contributed by atoms with E-state index in [1.165, 1.54) is 16.6 Å². The number of benzene rings is 2. The molecule has 0 spiro atoms. The third-order valence-electron chi connectivity index (χ3n) is 3.49. The molecular formula is C16H16N2OS. The molecule has 0 saturated carbocycles. The number of nitrogens with zero attached hydrogens (tertiary/aromatic N) is 1. The normalized spacial score (nSPS) is 10.9. The van der Waals surface area contributed by atoms with Crippen molar-refractivity contribution >= 4 is 23.3 Å². The summed E-state index contributed by atoms with van der Waals surface area (Å²) < 4.78 is 8.08. The van der Waals surface area contributed by atoms with Crippen molar-refractivity contribution in [2.45, 2.75) is 13.5 Å². The number of hydrogen-bond acceptors (Lipinski definition) is 2. The molecule has 0 aliphatic heterocycles. The zero-order valence-electron chi connectivity index (χ0n) is 11.5. The minimum Gasteiger partial charge on any atom is -0.497 e. The van der Waals surface area contributed by atoms with Crippen LogP contribution in [0.5, 0.6) is 5.75 Å². The van der Waals surface area contributed by atoms with Crippen LogP contribution in [0.15, 0.2) is 42.5 Å². The van der Waals surface area contributed by atoms with Crippen molar-refractivity contribution in [3.8, 4) is 5.75 Å². The van der Waals surface area contributed by atoms with Crippen LogP contribution in [-0.4, -0.2) is 16.7 Å². The van der Waals surface area contributed by atoms with Crippen molar-refractivity contribution in [3.63, 3.8) is 0 Å². The Morgan fingerprint density at radius 1 is 1.15 bits per heavy atom. The topological polar surface area (TPSA) is 29.9 Å². The molecule has 3 rings (SSSR count). The third kappa shape index (κ3) is 2.23. The lowest BCUT2D eigenvalue weighted by atomic mass is 10.2. The Labute approximate surface area is 122 Å². The number of aromatic nitrogens is 2. The molecule has 0 aliphatic carbocycles. The summed E-state index contributed by atoms with van der Waals surface area (Å²) >= 11 is 5.44. The number of imidazole rings is 1. The number of ether oxygens (including phenoxy) is 1. The van der Waals surface area contributed by atoms with Gasteiger partial charge in [0.25, 0.3) is 0 Å². The summed E-state index contributed by atoms with van der Waals surface area (Å²) in [7, 11) is 1.67. The molecule has 0 unspecified atom stereocenters. The predicted molar refractivity (Wildman–Crippen MR) is 84.0 cm³/mol. The lowest BCUT2D eigenvalue weighted by molar-refractivity contribution is 0.414. The van der Waals surface area contributed by atoms with Crippen molar-refractivity contribution in [1.29, 1.82) is 0 Å². The van der Waals surface area contributed by atoms with Gasteiger partial charge in [-0.05, 0) is 48.5 Å². The van der Waals surface area contributed by atoms with Crippen LogP contribution >= 0.6 is 12.2 Å². The number of H-pyrrole nitrogens is 1. The van der Waals surface area contributed by atoms with Crippen LogP contribution in [0.1, 0.15) is 11.1 Å². The fraction of sp³-hybridized carbons (Fsp3) is 0.188. The number of aromatic amines is 1. The fourth-order valence-electron chi connectivity index (χ4n) is 2.47. The zero-order valence-corrected chi connectivity index (χ0v) is 12.3. The summed E-state index contributed by atoms with van der Waals surface area (Å²) in [5, 5.41) is 0. The zero-order chi connectivity index (χ0) is 14.1. The van der Waals surface area contributed by atoms with E-state index in [4.69, 9.17) is 17.0 Å². The Bertz CT molecular complexity index is 799. The van der Waals surface area contributed by atoms with Crippen LogP contribution in [0.3, 0.4) is 0 Å². The number of aryl methyl sites for hydroxylation is 1. The van der Waals surface area contributed by atoms with E-state index in [0.717, 1.165) is 22.6 Å². The Balaban J connectivity index is 2.05. The highest BCUT2D eigenvalue weighted by atomic mass is 32.1. The molecule has 0 aliphatic rings. The largest absolute Gasteiger partial charge is 0.497 e. The molecule has 3 aromatic rings. The van der Waals surface area contributed by atoms with Gasteiger partial charge in [0.1, 0.15) is 5.75 Å². The quantitative estimate of drug-likeness (QED) is 0.735. The average molecular weight is 284 g/mol. The Morgan fingerprint density at radius 2 is 1.90 bits per heavy atom. The van der Waals surface area contributed by atoms with E-state index in [1.807, 2.05) is 18.2 Å². The van der Waals surface area contributed by atoms with Gasteiger partial charge in [-0.2, -0.15) is 0 Å². The second-order valence-corrected chi connectivity index (χ2v) is 5.22. The first-order chi connectivity index (χ1) is 9.69. The molecule has 4 heteroatoms. The Hall–Kier alpha value is -2.07. The maximum absolute atomic E-state index is 5.44. The number of rotatable bonds is 3. The summed E-state index contributed by atoms with van der Waals surface area (Å²) in [6.45, 7) is 2.86. The summed E-state index contributed by atoms with van der Waals surface area (Å²) in [5.41, 5.74) is 4.69. The molecule has 0 bridgehead atoms. The van der Waals surface area contributed by atoms with Gasteiger partial charge in [0.05, 0.1) is 24.7 Å². The lowest BCUT2D eigenvalue weighted by Gasteiger charge is -2.07. The van der Waals surface area contributed by atoms with Crippen LogP contribution in [0.2, 0.25) is 0 Å². The maximum Gasteiger partial charge on any atom is 0.178 e. The van der Waals surface area contributed by atoms with Crippen molar-refractivity contribution in [2.24, 2.45) is 0 Å². The number of hydrogen-bond donors (Lipinski definition) is 1. The first-order valence-electron chi connectivity index (χ1n) is 6.50. The van der Waals surface area contributed by atoms with Gasteiger partial charge in [-0.3, -0.25) is 0 Å². The van der Waals surface area contributed by atoms with E-state index < -0.39 is 0 Å². The number of para-hydroxylation sites is 1. The Morgan fingerprint density at radius 3 is 2.60 bits per heavy atom. The van der Waals surface area contributed by atoms with Gasteiger partial charge in [0.15, 0.2) is 4.77 Å². The first kappa shape index (κ1) is 12.9. The summed E-state index contributed by atoms with van der Waals surface area (Å²) in [4.78, 5) is 3.26. The van der Waals surface area contributed by atoms with Crippen LogP contribution < -0.4 is 4.74 Å². The minimum absolute atomic E-state index is 0.755. The standard InChI is InChI=1S/C16H16N2OS/c1-11-4-3-5-14-15(11)18(16(20)17-14)10-12-6-8-13(19-2)9-7-12/h3-9H,10H2,1-2H3,(H,17,20). The van der Waals surface area contributed by atoms with Gasteiger partial charge >= 0.3 is 0 Å². The van der Waals surface area contributed by atoms with Crippen LogP contribution in [0.4, 0.5) is 0 Å². The molecule has 2 aromatic carbocycles. The number of fused-ring (bicyclic) bond motifs is 1. The number of methoxy groups -OCH3 is 1. The van der Waals surface area contributed by atoms with Crippen molar-refractivity contribution in [1.82, 2.24) is 9.55 Å². The number of nitrogens with one attached hydrogen (secondary N) is 1. The van der Waals surface area contributed by atoms with Gasteiger partial charge in [-0.15, -0.1) is 0 Å². The third-order valence-corrected chi connectivity index (χ3v) is 3.82. The van der Waals surface area contributed by atoms with Crippen molar-refractivity contribution < 1.29 is 4.74 Å². The Kier molecular flexibility index (Phi) is 3.32. The highest BCUT2D eigenvalue weighted by Gasteiger charge is 2.07. The molecule has 3 nitrogen and oxygen atoms in total. The predicted octanol–water partition coefficient (Wildman–Crippen LogP) is 4.06. The van der Waals surface area contributed by atoms with Gasteiger partial charge in [0, 0.05) is 0 Å². The van der Waals surface area contributed by atoms with E-state index in [9.17, 15) is 0 Å². The molecule has 1 heterocycles. The molecule has 20 heavy (non-hydrogen) atoms. The second kappa shape index (κ2) is 5.13. The van der Waals surface area contributed by atoms with Crippen LogP contribution in [-0.2, 0) is 6.54 Å². The lowest BCUT2D eigenvalue weighted by Crippen LogP contribution is -2.00. The van der Waals surface area contributed by atoms with E-state index in [1.54, 1.807) is 7.11 Å². The molecule has 0 amide bonds. The molecule has 0 atom stereocenters. The van der Waals surface area contributed by atoms with Crippen LogP contribution in [0, 0.1) is 11.7 Å². The molecule has 102 valence electrons. The average Bonchev–Trinajstić information content (AvgIpc) is 2.77. The van der Waals surface area contributed by atoms with Crippen molar-refractivity contribution in [2.75, 3.05) is 7.11 Å². The van der Waals surface area contributed by atoms with Crippen molar-refractivity contribution in [3.05, 3.63) is 58.4 Å². The smallest absolute Gasteiger partial charge is 0.178 e. The summed E-state index contributed by atoms with van der Waals surface area (Å²) in [5.74, 6) is 0.868. The van der Waals surface area contributed by atoms with E-state index in [-0.39, 0.29) is 0 Å². The molecular weight excluding hydrogens is 268 g/mol. The second-order valence-electron chi connectivity index (χ2n) is 4.84. The highest BCUT2D eigenvalue weighted by Crippen LogP contribution is 2.20. The van der Waals surface area contributed by atoms with Crippen LogP contribution in [0.25, 0.3) is 11.0 Å². The van der Waals surface area contributed by atoms with Gasteiger partial charge in [-0.1, -0.05) is 24.3 Å². The fourth-order valence-corrected chi connectivity index (χ4v) is 2.73. The SMILES string of the molecule is COc1ccc(Cn2c(=S)[nH]c3cccc(C)c32)cc1. The van der Waals surface area contributed by atoms with Gasteiger partial charge in [-0.25, -0.2) is 0 Å².